The summed E-state index contributed by atoms with van der Waals surface area (Å²) in [4.78, 5) is 15.6. The molecule has 0 saturated carbocycles. The number of halogens is 1. The van der Waals surface area contributed by atoms with Gasteiger partial charge in [0.1, 0.15) is 5.52 Å². The van der Waals surface area contributed by atoms with Crippen LogP contribution in [0.25, 0.3) is 11.0 Å². The van der Waals surface area contributed by atoms with Crippen molar-refractivity contribution in [3.05, 3.63) is 22.4 Å². The summed E-state index contributed by atoms with van der Waals surface area (Å²) in [5, 5.41) is 6.60. The van der Waals surface area contributed by atoms with E-state index in [1.807, 2.05) is 0 Å². The molecular weight excluding hydrogens is 262 g/mol. The number of aromatic nitrogens is 3. The minimum absolute atomic E-state index is 0.222. The van der Waals surface area contributed by atoms with Crippen LogP contribution in [-0.2, 0) is 4.74 Å². The highest BCUT2D eigenvalue weighted by atomic mass is 79.9. The number of aromatic amines is 1. The first kappa shape index (κ1) is 10.1. The van der Waals surface area contributed by atoms with E-state index in [4.69, 9.17) is 4.74 Å². The van der Waals surface area contributed by atoms with Crippen molar-refractivity contribution in [2.45, 2.75) is 6.92 Å². The lowest BCUT2D eigenvalue weighted by Crippen LogP contribution is -2.05. The lowest BCUT2D eigenvalue weighted by atomic mass is 10.3. The number of pyridine rings is 1. The fourth-order valence-electron chi connectivity index (χ4n) is 1.22. The number of carbonyl (C=O) groups excluding carboxylic acids is 1. The zero-order chi connectivity index (χ0) is 10.8. The van der Waals surface area contributed by atoms with Gasteiger partial charge in [0.15, 0.2) is 5.69 Å². The molecule has 5 nitrogen and oxygen atoms in total. The van der Waals surface area contributed by atoms with E-state index in [-0.39, 0.29) is 5.69 Å². The van der Waals surface area contributed by atoms with Gasteiger partial charge in [-0.2, -0.15) is 5.10 Å². The Hall–Kier alpha value is -1.43. The normalized spacial score (nSPS) is 10.5. The van der Waals surface area contributed by atoms with Crippen LogP contribution in [0.4, 0.5) is 0 Å². The molecule has 0 fully saturated rings. The second-order valence-electron chi connectivity index (χ2n) is 2.84. The maximum absolute atomic E-state index is 11.4. The highest BCUT2D eigenvalue weighted by Crippen LogP contribution is 2.18. The van der Waals surface area contributed by atoms with Gasteiger partial charge in [0.25, 0.3) is 0 Å². The van der Waals surface area contributed by atoms with Crippen molar-refractivity contribution < 1.29 is 9.53 Å². The van der Waals surface area contributed by atoms with Crippen LogP contribution in [0.1, 0.15) is 17.4 Å². The molecule has 0 atom stereocenters. The molecule has 2 rings (SSSR count). The summed E-state index contributed by atoms with van der Waals surface area (Å²) in [6, 6.07) is 1.80. The largest absolute Gasteiger partial charge is 0.461 e. The first-order valence-corrected chi connectivity index (χ1v) is 5.18. The third-order valence-corrected chi connectivity index (χ3v) is 2.27. The van der Waals surface area contributed by atoms with Gasteiger partial charge in [-0.15, -0.1) is 0 Å². The monoisotopic (exact) mass is 269 g/mol. The highest BCUT2D eigenvalue weighted by Gasteiger charge is 2.16. The van der Waals surface area contributed by atoms with Gasteiger partial charge in [-0.1, -0.05) is 0 Å². The summed E-state index contributed by atoms with van der Waals surface area (Å²) in [5.41, 5.74) is 1.45. The Balaban J connectivity index is 2.49. The molecule has 6 heteroatoms. The Morgan fingerprint density at radius 3 is 3.20 bits per heavy atom. The van der Waals surface area contributed by atoms with E-state index in [0.29, 0.717) is 17.6 Å². The zero-order valence-electron chi connectivity index (χ0n) is 7.95. The van der Waals surface area contributed by atoms with E-state index in [9.17, 15) is 4.79 Å². The van der Waals surface area contributed by atoms with Crippen molar-refractivity contribution in [3.63, 3.8) is 0 Å². The molecule has 78 valence electrons. The summed E-state index contributed by atoms with van der Waals surface area (Å²) >= 11 is 3.28. The van der Waals surface area contributed by atoms with E-state index in [2.05, 4.69) is 31.1 Å². The van der Waals surface area contributed by atoms with Crippen molar-refractivity contribution in [2.24, 2.45) is 0 Å². The molecule has 2 aromatic rings. The molecule has 0 spiro atoms. The van der Waals surface area contributed by atoms with Gasteiger partial charge in [-0.25, -0.2) is 4.79 Å². The van der Waals surface area contributed by atoms with Crippen LogP contribution in [0.5, 0.6) is 0 Å². The molecule has 0 amide bonds. The average molecular weight is 270 g/mol. The Kier molecular flexibility index (Phi) is 2.68. The lowest BCUT2D eigenvalue weighted by molar-refractivity contribution is 0.0521. The Labute approximate surface area is 94.0 Å². The van der Waals surface area contributed by atoms with Crippen LogP contribution in [0.2, 0.25) is 0 Å². The second kappa shape index (κ2) is 3.98. The van der Waals surface area contributed by atoms with E-state index in [1.165, 1.54) is 0 Å². The van der Waals surface area contributed by atoms with Crippen molar-refractivity contribution in [3.8, 4) is 0 Å². The second-order valence-corrected chi connectivity index (χ2v) is 3.76. The molecule has 2 heterocycles. The quantitative estimate of drug-likeness (QED) is 0.846. The van der Waals surface area contributed by atoms with Crippen molar-refractivity contribution in [1.82, 2.24) is 15.2 Å². The SMILES string of the molecule is CCOC(=O)c1n[nH]c2cc(Br)cnc12. The smallest absolute Gasteiger partial charge is 0.361 e. The highest BCUT2D eigenvalue weighted by molar-refractivity contribution is 9.10. The zero-order valence-corrected chi connectivity index (χ0v) is 9.54. The minimum atomic E-state index is -0.460. The van der Waals surface area contributed by atoms with Crippen LogP contribution in [0.15, 0.2) is 16.7 Å². The van der Waals surface area contributed by atoms with E-state index in [1.54, 1.807) is 19.2 Å². The molecule has 0 aliphatic rings. The van der Waals surface area contributed by atoms with Gasteiger partial charge in [-0.3, -0.25) is 10.1 Å². The van der Waals surface area contributed by atoms with Crippen LogP contribution < -0.4 is 0 Å². The summed E-state index contributed by atoms with van der Waals surface area (Å²) in [6.07, 6.45) is 1.61. The summed E-state index contributed by atoms with van der Waals surface area (Å²) in [5.74, 6) is -0.460. The van der Waals surface area contributed by atoms with Crippen molar-refractivity contribution in [2.75, 3.05) is 6.61 Å². The number of nitrogens with zero attached hydrogens (tertiary/aromatic N) is 2. The number of esters is 1. The van der Waals surface area contributed by atoms with Gasteiger partial charge in [-0.05, 0) is 28.9 Å². The molecule has 0 radical (unpaired) electrons. The molecule has 0 unspecified atom stereocenters. The van der Waals surface area contributed by atoms with Gasteiger partial charge in [0.05, 0.1) is 12.1 Å². The van der Waals surface area contributed by atoms with Crippen LogP contribution in [0.3, 0.4) is 0 Å². The minimum Gasteiger partial charge on any atom is -0.461 e. The van der Waals surface area contributed by atoms with Crippen LogP contribution >= 0.6 is 15.9 Å². The first-order chi connectivity index (χ1) is 7.22. The Bertz CT molecular complexity index is 509. The van der Waals surface area contributed by atoms with E-state index < -0.39 is 5.97 Å². The predicted octanol–water partition coefficient (Wildman–Crippen LogP) is 1.90. The number of fused-ring (bicyclic) bond motifs is 1. The number of ether oxygens (including phenoxy) is 1. The molecule has 0 aromatic carbocycles. The number of hydrogen-bond donors (Lipinski definition) is 1. The van der Waals surface area contributed by atoms with Gasteiger partial charge in [0.2, 0.25) is 0 Å². The molecular formula is C9H8BrN3O2. The molecule has 0 aliphatic heterocycles. The topological polar surface area (TPSA) is 67.9 Å². The Morgan fingerprint density at radius 1 is 1.67 bits per heavy atom. The van der Waals surface area contributed by atoms with Gasteiger partial charge in [0, 0.05) is 10.7 Å². The molecule has 1 N–H and O–H groups in total. The van der Waals surface area contributed by atoms with Crippen molar-refractivity contribution >= 4 is 32.9 Å². The summed E-state index contributed by atoms with van der Waals surface area (Å²) in [7, 11) is 0. The molecule has 0 bridgehead atoms. The van der Waals surface area contributed by atoms with E-state index in [0.717, 1.165) is 4.47 Å². The maximum atomic E-state index is 11.4. The standard InChI is InChI=1S/C9H8BrN3O2/c1-2-15-9(14)8-7-6(12-13-8)3-5(10)4-11-7/h3-4H,2H2,1H3,(H,12,13). The van der Waals surface area contributed by atoms with E-state index >= 15 is 0 Å². The molecule has 2 aromatic heterocycles. The number of rotatable bonds is 2. The number of nitrogens with one attached hydrogen (secondary N) is 1. The van der Waals surface area contributed by atoms with Gasteiger partial charge >= 0.3 is 5.97 Å². The number of H-pyrrole nitrogens is 1. The fourth-order valence-corrected chi connectivity index (χ4v) is 1.56. The Morgan fingerprint density at radius 2 is 2.47 bits per heavy atom. The predicted molar refractivity (Wildman–Crippen MR) is 57.5 cm³/mol. The number of carbonyl (C=O) groups is 1. The molecule has 0 aliphatic carbocycles. The molecule has 0 saturated heterocycles. The third-order valence-electron chi connectivity index (χ3n) is 1.84. The van der Waals surface area contributed by atoms with Crippen molar-refractivity contribution in [1.29, 1.82) is 0 Å². The van der Waals surface area contributed by atoms with Crippen LogP contribution in [0, 0.1) is 0 Å². The number of hydrogen-bond acceptors (Lipinski definition) is 4. The fraction of sp³-hybridized carbons (Fsp3) is 0.222. The summed E-state index contributed by atoms with van der Waals surface area (Å²) < 4.78 is 5.68. The lowest BCUT2D eigenvalue weighted by Gasteiger charge is -1.97. The third kappa shape index (κ3) is 1.85. The molecule has 15 heavy (non-hydrogen) atoms. The van der Waals surface area contributed by atoms with Gasteiger partial charge < -0.3 is 4.74 Å². The maximum Gasteiger partial charge on any atom is 0.361 e. The summed E-state index contributed by atoms with van der Waals surface area (Å²) in [6.45, 7) is 2.07. The first-order valence-electron chi connectivity index (χ1n) is 4.39. The van der Waals surface area contributed by atoms with Crippen LogP contribution in [-0.4, -0.2) is 27.8 Å². The average Bonchev–Trinajstić information content (AvgIpc) is 2.60.